The number of hydrogen-bond acceptors (Lipinski definition) is 1. The Morgan fingerprint density at radius 1 is 0.824 bits per heavy atom. The normalized spacial score (nSPS) is 56.7. The van der Waals surface area contributed by atoms with E-state index in [-0.39, 0.29) is 5.41 Å². The number of allylic oxidation sites excluding steroid dienone is 1. The van der Waals surface area contributed by atoms with E-state index in [1.54, 1.807) is 0 Å². The van der Waals surface area contributed by atoms with Crippen LogP contribution in [0.1, 0.15) is 126 Å². The highest BCUT2D eigenvalue weighted by Gasteiger charge is 2.70. The number of aliphatic hydroxyl groups is 1. The van der Waals surface area contributed by atoms with Crippen molar-refractivity contribution >= 4 is 0 Å². The van der Waals surface area contributed by atoms with Crippen molar-refractivity contribution in [1.82, 2.24) is 0 Å². The molecule has 194 valence electrons. The molecule has 0 aliphatic heterocycles. The van der Waals surface area contributed by atoms with Crippen LogP contribution in [0, 0.1) is 62.6 Å². The number of aliphatic hydroxyl groups excluding tert-OH is 1. The lowest BCUT2D eigenvalue weighted by atomic mass is 9.31. The van der Waals surface area contributed by atoms with Crippen LogP contribution in [0.4, 0.5) is 0 Å². The second-order valence-corrected chi connectivity index (χ2v) is 15.2. The van der Waals surface area contributed by atoms with Crippen molar-refractivity contribution < 1.29 is 5.11 Å². The van der Waals surface area contributed by atoms with Crippen molar-refractivity contribution in [2.75, 3.05) is 6.61 Å². The van der Waals surface area contributed by atoms with Crippen LogP contribution < -0.4 is 0 Å². The Kier molecular flexibility index (Phi) is 6.04. The number of hydrogen-bond donors (Lipinski definition) is 1. The summed E-state index contributed by atoms with van der Waals surface area (Å²) in [5.41, 5.74) is 3.53. The summed E-state index contributed by atoms with van der Waals surface area (Å²) < 4.78 is 0. The van der Waals surface area contributed by atoms with Crippen molar-refractivity contribution in [3.05, 3.63) is 12.2 Å². The molecule has 1 N–H and O–H groups in total. The fourth-order valence-electron chi connectivity index (χ4n) is 12.3. The monoisotopic (exact) mass is 468 g/mol. The van der Waals surface area contributed by atoms with Crippen LogP contribution in [0.5, 0.6) is 0 Å². The fraction of sp³-hybridized carbons (Fsp3) is 0.939. The lowest BCUT2D eigenvalue weighted by Crippen LogP contribution is -2.66. The molecule has 5 aliphatic carbocycles. The van der Waals surface area contributed by atoms with Crippen LogP contribution in [-0.4, -0.2) is 11.7 Å². The molecule has 5 aliphatic rings. The number of rotatable bonds is 4. The van der Waals surface area contributed by atoms with E-state index >= 15 is 0 Å². The van der Waals surface area contributed by atoms with E-state index in [1.165, 1.54) is 76.2 Å². The molecule has 0 aromatic rings. The summed E-state index contributed by atoms with van der Waals surface area (Å²) in [6, 6.07) is 0. The molecule has 5 saturated carbocycles. The maximum Gasteiger partial charge on any atom is 0.0490 e. The van der Waals surface area contributed by atoms with Gasteiger partial charge < -0.3 is 5.11 Å². The Bertz CT molecular complexity index is 815. The molecule has 0 aromatic heterocycles. The van der Waals surface area contributed by atoms with Gasteiger partial charge in [-0.15, -0.1) is 0 Å². The smallest absolute Gasteiger partial charge is 0.0490 e. The second-order valence-electron chi connectivity index (χ2n) is 15.2. The van der Waals surface area contributed by atoms with Crippen molar-refractivity contribution in [3.63, 3.8) is 0 Å². The molecule has 1 heteroatoms. The SMILES string of the molecule is C=C(CC)C1CCC2(CO)CCC3(C)C(CCC4C5(C)CCC(C)C(C)(CC)C5CCC43C)C12. The summed E-state index contributed by atoms with van der Waals surface area (Å²) in [5, 5.41) is 10.8. The first-order chi connectivity index (χ1) is 16.0. The summed E-state index contributed by atoms with van der Waals surface area (Å²) in [7, 11) is 0. The van der Waals surface area contributed by atoms with Crippen molar-refractivity contribution in [1.29, 1.82) is 0 Å². The third-order valence-electron chi connectivity index (χ3n) is 15.0. The lowest BCUT2D eigenvalue weighted by Gasteiger charge is -2.73. The van der Waals surface area contributed by atoms with Crippen LogP contribution >= 0.6 is 0 Å². The topological polar surface area (TPSA) is 20.2 Å². The molecule has 0 amide bonds. The summed E-state index contributed by atoms with van der Waals surface area (Å²) in [4.78, 5) is 0. The molecule has 34 heavy (non-hydrogen) atoms. The van der Waals surface area contributed by atoms with Crippen molar-refractivity contribution in [2.24, 2.45) is 62.6 Å². The third kappa shape index (κ3) is 2.95. The van der Waals surface area contributed by atoms with E-state index in [0.717, 1.165) is 30.1 Å². The molecular formula is C33H56O. The van der Waals surface area contributed by atoms with E-state index < -0.39 is 0 Å². The Labute approximate surface area is 211 Å². The van der Waals surface area contributed by atoms with Gasteiger partial charge in [-0.1, -0.05) is 67.0 Å². The highest BCUT2D eigenvalue weighted by Crippen LogP contribution is 2.78. The molecule has 5 fully saturated rings. The molecule has 0 spiro atoms. The third-order valence-corrected chi connectivity index (χ3v) is 15.0. The van der Waals surface area contributed by atoms with E-state index in [1.807, 2.05) is 0 Å². The average Bonchev–Trinajstić information content (AvgIpc) is 3.22. The van der Waals surface area contributed by atoms with E-state index in [2.05, 4.69) is 55.0 Å². The van der Waals surface area contributed by atoms with Crippen LogP contribution in [0.25, 0.3) is 0 Å². The molecule has 0 aromatic carbocycles. The fourth-order valence-corrected chi connectivity index (χ4v) is 12.3. The van der Waals surface area contributed by atoms with Crippen LogP contribution in [0.15, 0.2) is 12.2 Å². The highest BCUT2D eigenvalue weighted by molar-refractivity contribution is 5.22. The molecule has 0 radical (unpaired) electrons. The van der Waals surface area contributed by atoms with Gasteiger partial charge in [0.2, 0.25) is 0 Å². The summed E-state index contributed by atoms with van der Waals surface area (Å²) >= 11 is 0. The van der Waals surface area contributed by atoms with Gasteiger partial charge in [0.1, 0.15) is 0 Å². The zero-order valence-corrected chi connectivity index (χ0v) is 23.8. The molecule has 0 saturated heterocycles. The zero-order valence-electron chi connectivity index (χ0n) is 23.8. The Morgan fingerprint density at radius 3 is 2.21 bits per heavy atom. The van der Waals surface area contributed by atoms with Crippen LogP contribution in [-0.2, 0) is 0 Å². The van der Waals surface area contributed by atoms with Crippen LogP contribution in [0.3, 0.4) is 0 Å². The van der Waals surface area contributed by atoms with E-state index in [0.29, 0.717) is 40.1 Å². The van der Waals surface area contributed by atoms with Gasteiger partial charge in [-0.2, -0.15) is 0 Å². The lowest BCUT2D eigenvalue weighted by molar-refractivity contribution is -0.246. The van der Waals surface area contributed by atoms with Gasteiger partial charge in [-0.3, -0.25) is 0 Å². The maximum atomic E-state index is 10.8. The average molecular weight is 469 g/mol. The summed E-state index contributed by atoms with van der Waals surface area (Å²) in [6.07, 6.45) is 16.2. The number of fused-ring (bicyclic) bond motifs is 7. The van der Waals surface area contributed by atoms with Gasteiger partial charge in [0.15, 0.2) is 0 Å². The summed E-state index contributed by atoms with van der Waals surface area (Å²) in [6.45, 7) is 23.2. The Balaban J connectivity index is 1.54. The van der Waals surface area contributed by atoms with Gasteiger partial charge in [0.25, 0.3) is 0 Å². The first kappa shape index (κ1) is 25.4. The predicted octanol–water partition coefficient (Wildman–Crippen LogP) is 9.05. The predicted molar refractivity (Wildman–Crippen MR) is 144 cm³/mol. The second kappa shape index (κ2) is 8.10. The Morgan fingerprint density at radius 2 is 1.56 bits per heavy atom. The zero-order chi connectivity index (χ0) is 24.7. The first-order valence-corrected chi connectivity index (χ1v) is 15.3. The summed E-state index contributed by atoms with van der Waals surface area (Å²) in [5.74, 6) is 4.71. The van der Waals surface area contributed by atoms with Gasteiger partial charge in [-0.05, 0) is 133 Å². The van der Waals surface area contributed by atoms with Crippen LogP contribution in [0.2, 0.25) is 0 Å². The molecule has 1 nitrogen and oxygen atoms in total. The molecule has 11 atom stereocenters. The molecule has 11 unspecified atom stereocenters. The van der Waals surface area contributed by atoms with E-state index in [4.69, 9.17) is 0 Å². The van der Waals surface area contributed by atoms with Gasteiger partial charge in [0, 0.05) is 6.61 Å². The standard InChI is InChI=1S/C33H56O/c1-9-22(3)24-14-18-33(21-34)20-19-31(7)25(28(24)33)11-12-27-30(6)16-13-23(4)29(5,10-2)26(30)15-17-32(27,31)8/h23-28,34H,3,9-21H2,1-2,4-8H3. The minimum Gasteiger partial charge on any atom is -0.396 e. The molecule has 5 rings (SSSR count). The maximum absolute atomic E-state index is 10.8. The quantitative estimate of drug-likeness (QED) is 0.408. The van der Waals surface area contributed by atoms with Gasteiger partial charge >= 0.3 is 0 Å². The largest absolute Gasteiger partial charge is 0.396 e. The van der Waals surface area contributed by atoms with E-state index in [9.17, 15) is 5.11 Å². The van der Waals surface area contributed by atoms with Gasteiger partial charge in [-0.25, -0.2) is 0 Å². The molecule has 0 heterocycles. The molecule has 0 bridgehead atoms. The van der Waals surface area contributed by atoms with Crippen molar-refractivity contribution in [3.8, 4) is 0 Å². The first-order valence-electron chi connectivity index (χ1n) is 15.3. The van der Waals surface area contributed by atoms with Crippen molar-refractivity contribution in [2.45, 2.75) is 126 Å². The highest BCUT2D eigenvalue weighted by atomic mass is 16.3. The molecular weight excluding hydrogens is 412 g/mol. The Hall–Kier alpha value is -0.300. The minimum atomic E-state index is 0.179. The van der Waals surface area contributed by atoms with Gasteiger partial charge in [0.05, 0.1) is 0 Å². The minimum absolute atomic E-state index is 0.179.